The highest BCUT2D eigenvalue weighted by Crippen LogP contribution is 2.27. The molecule has 0 atom stereocenters. The SMILES string of the molecule is Cc1cc2nc(CN(C)C)[n+]([O-])c(-c3ccccc3)c2cc1C. The average molecular weight is 307 g/mol. The second-order valence-corrected chi connectivity index (χ2v) is 6.23. The summed E-state index contributed by atoms with van der Waals surface area (Å²) in [5.74, 6) is 0.518. The normalized spacial score (nSPS) is 11.3. The Morgan fingerprint density at radius 3 is 2.35 bits per heavy atom. The summed E-state index contributed by atoms with van der Waals surface area (Å²) in [6.07, 6.45) is 0. The van der Waals surface area contributed by atoms with Crippen molar-refractivity contribution in [2.45, 2.75) is 20.4 Å². The fraction of sp³-hybridized carbons (Fsp3) is 0.263. The second-order valence-electron chi connectivity index (χ2n) is 6.23. The van der Waals surface area contributed by atoms with Crippen molar-refractivity contribution < 1.29 is 4.73 Å². The van der Waals surface area contributed by atoms with Gasteiger partial charge >= 0.3 is 5.82 Å². The highest BCUT2D eigenvalue weighted by molar-refractivity contribution is 5.91. The highest BCUT2D eigenvalue weighted by atomic mass is 16.5. The van der Waals surface area contributed by atoms with E-state index in [9.17, 15) is 5.21 Å². The van der Waals surface area contributed by atoms with E-state index < -0.39 is 0 Å². The van der Waals surface area contributed by atoms with Crippen molar-refractivity contribution in [3.8, 4) is 11.3 Å². The van der Waals surface area contributed by atoms with Crippen molar-refractivity contribution >= 4 is 10.9 Å². The van der Waals surface area contributed by atoms with Crippen molar-refractivity contribution in [2.75, 3.05) is 14.1 Å². The van der Waals surface area contributed by atoms with E-state index >= 15 is 0 Å². The summed E-state index contributed by atoms with van der Waals surface area (Å²) in [6, 6.07) is 13.9. The lowest BCUT2D eigenvalue weighted by molar-refractivity contribution is -0.605. The quantitative estimate of drug-likeness (QED) is 0.551. The van der Waals surface area contributed by atoms with Crippen LogP contribution in [-0.2, 0) is 6.54 Å². The average Bonchev–Trinajstić information content (AvgIpc) is 2.51. The van der Waals surface area contributed by atoms with E-state index in [0.29, 0.717) is 18.1 Å². The number of benzene rings is 2. The standard InChI is InChI=1S/C19H21N3O/c1-13-10-16-17(11-14(13)2)20-18(12-21(3)4)22(23)19(16)15-8-6-5-7-9-15/h5-11H,12H2,1-4H3. The van der Waals surface area contributed by atoms with Crippen LogP contribution in [0.3, 0.4) is 0 Å². The van der Waals surface area contributed by atoms with E-state index in [1.165, 1.54) is 5.56 Å². The third-order valence-electron chi connectivity index (χ3n) is 4.06. The van der Waals surface area contributed by atoms with Gasteiger partial charge in [0.15, 0.2) is 5.52 Å². The third kappa shape index (κ3) is 2.90. The minimum Gasteiger partial charge on any atom is -0.710 e. The molecule has 0 saturated carbocycles. The largest absolute Gasteiger partial charge is 0.710 e. The van der Waals surface area contributed by atoms with Gasteiger partial charge < -0.3 is 5.21 Å². The van der Waals surface area contributed by atoms with Gasteiger partial charge in [-0.25, -0.2) is 4.73 Å². The lowest BCUT2D eigenvalue weighted by Crippen LogP contribution is -2.38. The zero-order valence-corrected chi connectivity index (χ0v) is 14.0. The molecular weight excluding hydrogens is 286 g/mol. The molecule has 0 unspecified atom stereocenters. The van der Waals surface area contributed by atoms with Gasteiger partial charge in [0, 0.05) is 5.56 Å². The molecule has 1 heterocycles. The van der Waals surface area contributed by atoms with Gasteiger partial charge in [-0.1, -0.05) is 30.3 Å². The van der Waals surface area contributed by atoms with Crippen molar-refractivity contribution in [3.63, 3.8) is 0 Å². The molecular formula is C19H21N3O. The molecule has 4 heteroatoms. The van der Waals surface area contributed by atoms with E-state index in [0.717, 1.165) is 26.8 Å². The molecule has 0 fully saturated rings. The van der Waals surface area contributed by atoms with Gasteiger partial charge in [0.2, 0.25) is 0 Å². The molecule has 118 valence electrons. The molecule has 1 aromatic heterocycles. The Hall–Kier alpha value is -2.46. The van der Waals surface area contributed by atoms with Gasteiger partial charge in [0.25, 0.3) is 0 Å². The van der Waals surface area contributed by atoms with Crippen LogP contribution < -0.4 is 4.73 Å². The first-order chi connectivity index (χ1) is 11.0. The van der Waals surface area contributed by atoms with Crippen LogP contribution in [0.5, 0.6) is 0 Å². The number of rotatable bonds is 3. The Balaban J connectivity index is 2.38. The maximum atomic E-state index is 12.9. The zero-order valence-electron chi connectivity index (χ0n) is 14.0. The lowest BCUT2D eigenvalue weighted by atomic mass is 10.0. The van der Waals surface area contributed by atoms with Crippen LogP contribution in [0.2, 0.25) is 0 Å². The maximum Gasteiger partial charge on any atom is 0.316 e. The van der Waals surface area contributed by atoms with E-state index in [2.05, 4.69) is 31.0 Å². The number of hydrogen-bond acceptors (Lipinski definition) is 3. The van der Waals surface area contributed by atoms with Gasteiger partial charge in [-0.2, -0.15) is 0 Å². The van der Waals surface area contributed by atoms with Crippen LogP contribution in [0.1, 0.15) is 17.0 Å². The first-order valence-electron chi connectivity index (χ1n) is 7.71. The third-order valence-corrected chi connectivity index (χ3v) is 4.06. The first kappa shape index (κ1) is 15.4. The molecule has 0 spiro atoms. The van der Waals surface area contributed by atoms with Crippen LogP contribution in [-0.4, -0.2) is 24.0 Å². The summed E-state index contributed by atoms with van der Waals surface area (Å²) in [7, 11) is 3.88. The van der Waals surface area contributed by atoms with Crippen molar-refractivity contribution in [1.82, 2.24) is 9.88 Å². The number of nitrogens with zero attached hydrogens (tertiary/aromatic N) is 3. The number of fused-ring (bicyclic) bond motifs is 1. The highest BCUT2D eigenvalue weighted by Gasteiger charge is 2.20. The molecule has 23 heavy (non-hydrogen) atoms. The molecule has 0 N–H and O–H groups in total. The van der Waals surface area contributed by atoms with Crippen molar-refractivity contribution in [2.24, 2.45) is 0 Å². The molecule has 0 aliphatic carbocycles. The molecule has 3 aromatic rings. The van der Waals surface area contributed by atoms with Crippen LogP contribution in [0, 0.1) is 19.1 Å². The van der Waals surface area contributed by atoms with Crippen molar-refractivity contribution in [3.05, 3.63) is 64.6 Å². The van der Waals surface area contributed by atoms with E-state index in [1.807, 2.05) is 49.3 Å². The van der Waals surface area contributed by atoms with E-state index in [4.69, 9.17) is 0 Å². The fourth-order valence-electron chi connectivity index (χ4n) is 2.76. The predicted molar refractivity (Wildman–Crippen MR) is 93.0 cm³/mol. The Morgan fingerprint density at radius 1 is 1.04 bits per heavy atom. The molecule has 0 bridgehead atoms. The summed E-state index contributed by atoms with van der Waals surface area (Å²) in [5, 5.41) is 13.8. The molecule has 0 amide bonds. The first-order valence-corrected chi connectivity index (χ1v) is 7.71. The summed E-state index contributed by atoms with van der Waals surface area (Å²) in [6.45, 7) is 4.64. The van der Waals surface area contributed by atoms with Gasteiger partial charge in [-0.05, 0) is 56.2 Å². The second kappa shape index (κ2) is 5.97. The van der Waals surface area contributed by atoms with E-state index in [-0.39, 0.29) is 0 Å². The Labute approximate surface area is 136 Å². The summed E-state index contributed by atoms with van der Waals surface area (Å²) < 4.78 is 0.979. The van der Waals surface area contributed by atoms with Gasteiger partial charge in [0.05, 0.1) is 5.39 Å². The van der Waals surface area contributed by atoms with Gasteiger partial charge in [-0.3, -0.25) is 4.90 Å². The number of aromatic nitrogens is 2. The summed E-state index contributed by atoms with van der Waals surface area (Å²) in [4.78, 5) is 6.57. The molecule has 2 aromatic carbocycles. The Morgan fingerprint density at radius 2 is 1.70 bits per heavy atom. The molecule has 0 aliphatic heterocycles. The number of aryl methyl sites for hydroxylation is 2. The monoisotopic (exact) mass is 307 g/mol. The molecule has 0 aliphatic rings. The van der Waals surface area contributed by atoms with Crippen LogP contribution >= 0.6 is 0 Å². The number of hydrogen-bond donors (Lipinski definition) is 0. The molecule has 0 radical (unpaired) electrons. The zero-order chi connectivity index (χ0) is 16.6. The summed E-state index contributed by atoms with van der Waals surface area (Å²) >= 11 is 0. The minimum atomic E-state index is 0.506. The maximum absolute atomic E-state index is 12.9. The predicted octanol–water partition coefficient (Wildman–Crippen LogP) is 3.21. The topological polar surface area (TPSA) is 43.1 Å². The van der Waals surface area contributed by atoms with Gasteiger partial charge in [0.1, 0.15) is 12.2 Å². The van der Waals surface area contributed by atoms with Crippen LogP contribution in [0.15, 0.2) is 42.5 Å². The molecule has 4 nitrogen and oxygen atoms in total. The Bertz CT molecular complexity index is 858. The smallest absolute Gasteiger partial charge is 0.316 e. The summed E-state index contributed by atoms with van der Waals surface area (Å²) in [5.41, 5.74) is 4.81. The molecule has 0 saturated heterocycles. The minimum absolute atomic E-state index is 0.506. The van der Waals surface area contributed by atoms with Crippen molar-refractivity contribution in [1.29, 1.82) is 0 Å². The van der Waals surface area contributed by atoms with Gasteiger partial charge in [-0.15, -0.1) is 0 Å². The molecule has 3 rings (SSSR count). The van der Waals surface area contributed by atoms with E-state index in [1.54, 1.807) is 0 Å². The van der Waals surface area contributed by atoms with Crippen LogP contribution in [0.4, 0.5) is 0 Å². The Kier molecular flexibility index (Phi) is 4.01. The lowest BCUT2D eigenvalue weighted by Gasteiger charge is -2.17. The van der Waals surface area contributed by atoms with Crippen LogP contribution in [0.25, 0.3) is 22.2 Å². The fourth-order valence-corrected chi connectivity index (χ4v) is 2.76.